The van der Waals surface area contributed by atoms with Crippen molar-refractivity contribution in [1.29, 1.82) is 0 Å². The Labute approximate surface area is 152 Å². The third kappa shape index (κ3) is 3.33. The molecule has 0 bridgehead atoms. The Morgan fingerprint density at radius 1 is 1.24 bits per heavy atom. The van der Waals surface area contributed by atoms with Crippen LogP contribution in [0.4, 0.5) is 5.13 Å². The van der Waals surface area contributed by atoms with E-state index in [0.29, 0.717) is 16.8 Å². The molecule has 3 aromatic rings. The predicted octanol–water partition coefficient (Wildman–Crippen LogP) is 3.09. The van der Waals surface area contributed by atoms with E-state index in [1.165, 1.54) is 11.3 Å². The molecule has 0 radical (unpaired) electrons. The van der Waals surface area contributed by atoms with Gasteiger partial charge in [0.1, 0.15) is 5.15 Å². The highest BCUT2D eigenvalue weighted by molar-refractivity contribution is 7.19. The number of nitrogens with zero attached hydrogens (tertiary/aromatic N) is 2. The molecule has 2 N–H and O–H groups in total. The van der Waals surface area contributed by atoms with E-state index in [0.717, 1.165) is 21.2 Å². The van der Waals surface area contributed by atoms with Crippen molar-refractivity contribution in [2.45, 2.75) is 6.42 Å². The number of fused-ring (bicyclic) bond motifs is 1. The van der Waals surface area contributed by atoms with Gasteiger partial charge in [0, 0.05) is 30.7 Å². The molecule has 1 aliphatic heterocycles. The fourth-order valence-electron chi connectivity index (χ4n) is 2.73. The average Bonchev–Trinajstić information content (AvgIpc) is 3.23. The van der Waals surface area contributed by atoms with Gasteiger partial charge in [-0.2, -0.15) is 0 Å². The molecule has 126 valence electrons. The van der Waals surface area contributed by atoms with E-state index in [4.69, 9.17) is 11.6 Å². The topological polar surface area (TPSA) is 84.0 Å². The van der Waals surface area contributed by atoms with Gasteiger partial charge in [0.15, 0.2) is 5.13 Å². The molecular formula is C17H13ClN4O2S. The second-order valence-electron chi connectivity index (χ2n) is 5.79. The van der Waals surface area contributed by atoms with E-state index in [1.54, 1.807) is 12.4 Å². The summed E-state index contributed by atoms with van der Waals surface area (Å²) >= 11 is 7.34. The average molecular weight is 373 g/mol. The van der Waals surface area contributed by atoms with Crippen molar-refractivity contribution >= 4 is 50.7 Å². The van der Waals surface area contributed by atoms with Crippen molar-refractivity contribution in [1.82, 2.24) is 15.3 Å². The Kier molecular flexibility index (Phi) is 4.10. The standard InChI is InChI=1S/C17H13ClN4O2S/c18-14-4-11-3-9(1-2-10(11)6-19-14)13-8-21-17(25-13)22-16(24)12-5-15(23)20-7-12/h1-4,6,8,12H,5,7H2,(H,20,23)(H,21,22,24). The lowest BCUT2D eigenvalue weighted by atomic mass is 10.1. The first-order valence-electron chi connectivity index (χ1n) is 7.67. The number of halogens is 1. The van der Waals surface area contributed by atoms with Crippen LogP contribution >= 0.6 is 22.9 Å². The number of benzene rings is 1. The van der Waals surface area contributed by atoms with Gasteiger partial charge in [0.05, 0.1) is 10.8 Å². The molecular weight excluding hydrogens is 360 g/mol. The number of carbonyl (C=O) groups excluding carboxylic acids is 2. The zero-order chi connectivity index (χ0) is 17.4. The molecule has 0 aliphatic carbocycles. The van der Waals surface area contributed by atoms with Crippen LogP contribution in [-0.2, 0) is 9.59 Å². The van der Waals surface area contributed by atoms with Gasteiger partial charge in [0.25, 0.3) is 0 Å². The Morgan fingerprint density at radius 2 is 2.12 bits per heavy atom. The number of pyridine rings is 1. The third-order valence-corrected chi connectivity index (χ3v) is 5.23. The lowest BCUT2D eigenvalue weighted by Crippen LogP contribution is -2.24. The van der Waals surface area contributed by atoms with Crippen molar-refractivity contribution in [3.8, 4) is 10.4 Å². The zero-order valence-electron chi connectivity index (χ0n) is 13.0. The van der Waals surface area contributed by atoms with Crippen LogP contribution in [0.3, 0.4) is 0 Å². The summed E-state index contributed by atoms with van der Waals surface area (Å²) in [4.78, 5) is 32.6. The van der Waals surface area contributed by atoms with Gasteiger partial charge < -0.3 is 10.6 Å². The molecule has 2 amide bonds. The number of carbonyl (C=O) groups is 2. The highest BCUT2D eigenvalue weighted by Gasteiger charge is 2.28. The molecule has 1 aromatic carbocycles. The Morgan fingerprint density at radius 3 is 2.92 bits per heavy atom. The van der Waals surface area contributed by atoms with Gasteiger partial charge in [-0.3, -0.25) is 9.59 Å². The smallest absolute Gasteiger partial charge is 0.231 e. The second-order valence-corrected chi connectivity index (χ2v) is 7.21. The van der Waals surface area contributed by atoms with Gasteiger partial charge in [0.2, 0.25) is 11.8 Å². The van der Waals surface area contributed by atoms with Crippen LogP contribution in [0.25, 0.3) is 21.2 Å². The van der Waals surface area contributed by atoms with Gasteiger partial charge in [-0.15, -0.1) is 0 Å². The molecule has 1 atom stereocenters. The highest BCUT2D eigenvalue weighted by atomic mass is 35.5. The van der Waals surface area contributed by atoms with E-state index in [-0.39, 0.29) is 24.2 Å². The highest BCUT2D eigenvalue weighted by Crippen LogP contribution is 2.31. The number of anilines is 1. The van der Waals surface area contributed by atoms with Crippen LogP contribution in [0.5, 0.6) is 0 Å². The maximum atomic E-state index is 12.2. The minimum atomic E-state index is -0.338. The fraction of sp³-hybridized carbons (Fsp3) is 0.176. The molecule has 1 aliphatic rings. The SMILES string of the molecule is O=C1CC(C(=O)Nc2ncc(-c3ccc4cnc(Cl)cc4c3)s2)CN1. The largest absolute Gasteiger partial charge is 0.355 e. The van der Waals surface area contributed by atoms with Gasteiger partial charge >= 0.3 is 0 Å². The monoisotopic (exact) mass is 372 g/mol. The Bertz CT molecular complexity index is 988. The molecule has 1 saturated heterocycles. The molecule has 1 fully saturated rings. The first-order chi connectivity index (χ1) is 12.1. The van der Waals surface area contributed by atoms with E-state index < -0.39 is 0 Å². The van der Waals surface area contributed by atoms with Crippen molar-refractivity contribution < 1.29 is 9.59 Å². The molecule has 2 aromatic heterocycles. The Hall–Kier alpha value is -2.51. The number of rotatable bonds is 3. The molecule has 8 heteroatoms. The summed E-state index contributed by atoms with van der Waals surface area (Å²) < 4.78 is 0. The van der Waals surface area contributed by atoms with Gasteiger partial charge in [-0.1, -0.05) is 35.1 Å². The number of hydrogen-bond acceptors (Lipinski definition) is 5. The number of amides is 2. The molecule has 4 rings (SSSR count). The first kappa shape index (κ1) is 16.0. The van der Waals surface area contributed by atoms with E-state index in [1.807, 2.05) is 24.3 Å². The molecule has 1 unspecified atom stereocenters. The third-order valence-electron chi connectivity index (χ3n) is 4.06. The first-order valence-corrected chi connectivity index (χ1v) is 8.87. The van der Waals surface area contributed by atoms with E-state index in [9.17, 15) is 9.59 Å². The van der Waals surface area contributed by atoms with E-state index in [2.05, 4.69) is 20.6 Å². The van der Waals surface area contributed by atoms with E-state index >= 15 is 0 Å². The quantitative estimate of drug-likeness (QED) is 0.692. The second kappa shape index (κ2) is 6.42. The summed E-state index contributed by atoms with van der Waals surface area (Å²) in [6.45, 7) is 0.377. The molecule has 6 nitrogen and oxygen atoms in total. The van der Waals surface area contributed by atoms with Crippen LogP contribution in [0, 0.1) is 5.92 Å². The fourth-order valence-corrected chi connectivity index (χ4v) is 3.71. The van der Waals surface area contributed by atoms with Crippen LogP contribution < -0.4 is 10.6 Å². The van der Waals surface area contributed by atoms with Crippen molar-refractivity contribution in [3.05, 3.63) is 41.8 Å². The maximum Gasteiger partial charge on any atom is 0.231 e. The van der Waals surface area contributed by atoms with Crippen molar-refractivity contribution in [2.24, 2.45) is 5.92 Å². The van der Waals surface area contributed by atoms with Crippen LogP contribution in [-0.4, -0.2) is 28.3 Å². The lowest BCUT2D eigenvalue weighted by Gasteiger charge is -2.05. The van der Waals surface area contributed by atoms with Crippen LogP contribution in [0.2, 0.25) is 5.15 Å². The van der Waals surface area contributed by atoms with Gasteiger partial charge in [-0.25, -0.2) is 9.97 Å². The lowest BCUT2D eigenvalue weighted by molar-refractivity contribution is -0.123. The number of thiazole rings is 1. The summed E-state index contributed by atoms with van der Waals surface area (Å²) in [5.74, 6) is -0.616. The number of nitrogens with one attached hydrogen (secondary N) is 2. The molecule has 3 heterocycles. The zero-order valence-corrected chi connectivity index (χ0v) is 14.5. The predicted molar refractivity (Wildman–Crippen MR) is 97.6 cm³/mol. The van der Waals surface area contributed by atoms with Crippen molar-refractivity contribution in [3.63, 3.8) is 0 Å². The van der Waals surface area contributed by atoms with Gasteiger partial charge in [-0.05, 0) is 23.1 Å². The maximum absolute atomic E-state index is 12.2. The Balaban J connectivity index is 1.54. The number of hydrogen-bond donors (Lipinski definition) is 2. The van der Waals surface area contributed by atoms with Crippen LogP contribution in [0.15, 0.2) is 36.7 Å². The molecule has 0 saturated carbocycles. The molecule has 25 heavy (non-hydrogen) atoms. The summed E-state index contributed by atoms with van der Waals surface area (Å²) in [6.07, 6.45) is 3.68. The minimum absolute atomic E-state index is 0.0932. The summed E-state index contributed by atoms with van der Waals surface area (Å²) in [6, 6.07) is 7.79. The molecule has 0 spiro atoms. The summed E-state index contributed by atoms with van der Waals surface area (Å²) in [5, 5.41) is 8.41. The normalized spacial score (nSPS) is 16.8. The minimum Gasteiger partial charge on any atom is -0.355 e. The van der Waals surface area contributed by atoms with Crippen molar-refractivity contribution in [2.75, 3.05) is 11.9 Å². The van der Waals surface area contributed by atoms with Crippen LogP contribution in [0.1, 0.15) is 6.42 Å². The number of aromatic nitrogens is 2. The summed E-state index contributed by atoms with van der Waals surface area (Å²) in [7, 11) is 0. The summed E-state index contributed by atoms with van der Waals surface area (Å²) in [5.41, 5.74) is 0.991.